The number of hydrogen-bond acceptors (Lipinski definition) is 3. The number of nitrogens with zero attached hydrogens (tertiary/aromatic N) is 2. The van der Waals surface area contributed by atoms with Gasteiger partial charge in [0, 0.05) is 31.9 Å². The number of anilines is 2. The standard InChI is InChI=1S/C18H16F3N3O2/c19-12-4-6-13(7-5-12)23-8-10-24(11-9-23)18(26)17(25)22-16-14(20)2-1-3-15(16)21/h1-7H,8-11H2,(H,22,25). The van der Waals surface area contributed by atoms with Crippen LogP contribution in [0.3, 0.4) is 0 Å². The Labute approximate surface area is 148 Å². The van der Waals surface area contributed by atoms with E-state index in [4.69, 9.17) is 0 Å². The van der Waals surface area contributed by atoms with Gasteiger partial charge in [0.05, 0.1) is 0 Å². The fourth-order valence-corrected chi connectivity index (χ4v) is 2.75. The second-order valence-corrected chi connectivity index (χ2v) is 5.81. The van der Waals surface area contributed by atoms with Gasteiger partial charge in [-0.2, -0.15) is 0 Å². The summed E-state index contributed by atoms with van der Waals surface area (Å²) in [6.07, 6.45) is 0. The van der Waals surface area contributed by atoms with E-state index in [0.29, 0.717) is 13.1 Å². The molecule has 136 valence electrons. The minimum absolute atomic E-state index is 0.267. The molecule has 3 rings (SSSR count). The summed E-state index contributed by atoms with van der Waals surface area (Å²) in [5.41, 5.74) is 0.173. The Morgan fingerprint density at radius 3 is 2.00 bits per heavy atom. The number of carbonyl (C=O) groups is 2. The molecule has 1 heterocycles. The van der Waals surface area contributed by atoms with Crippen LogP contribution >= 0.6 is 0 Å². The molecule has 26 heavy (non-hydrogen) atoms. The van der Waals surface area contributed by atoms with Crippen molar-refractivity contribution in [2.45, 2.75) is 0 Å². The minimum Gasteiger partial charge on any atom is -0.368 e. The smallest absolute Gasteiger partial charge is 0.314 e. The van der Waals surface area contributed by atoms with Crippen molar-refractivity contribution in [3.63, 3.8) is 0 Å². The molecule has 0 spiro atoms. The van der Waals surface area contributed by atoms with Crippen LogP contribution in [0.4, 0.5) is 24.5 Å². The van der Waals surface area contributed by atoms with Gasteiger partial charge in [0.1, 0.15) is 23.1 Å². The molecule has 1 saturated heterocycles. The Kier molecular flexibility index (Phi) is 5.11. The van der Waals surface area contributed by atoms with Crippen LogP contribution in [0.25, 0.3) is 0 Å². The molecular formula is C18H16F3N3O2. The van der Waals surface area contributed by atoms with Crippen molar-refractivity contribution in [3.05, 3.63) is 59.9 Å². The number of halogens is 3. The van der Waals surface area contributed by atoms with Crippen molar-refractivity contribution in [2.24, 2.45) is 0 Å². The average Bonchev–Trinajstić information content (AvgIpc) is 2.65. The van der Waals surface area contributed by atoms with Gasteiger partial charge in [-0.3, -0.25) is 9.59 Å². The van der Waals surface area contributed by atoms with Crippen molar-refractivity contribution in [2.75, 3.05) is 36.4 Å². The molecular weight excluding hydrogens is 347 g/mol. The summed E-state index contributed by atoms with van der Waals surface area (Å²) in [4.78, 5) is 27.5. The normalized spacial score (nSPS) is 14.3. The van der Waals surface area contributed by atoms with Gasteiger partial charge in [0.2, 0.25) is 0 Å². The van der Waals surface area contributed by atoms with Gasteiger partial charge in [0.25, 0.3) is 0 Å². The maximum atomic E-state index is 13.6. The number of carbonyl (C=O) groups excluding carboxylic acids is 2. The quantitative estimate of drug-likeness (QED) is 0.834. The summed E-state index contributed by atoms with van der Waals surface area (Å²) in [6, 6.07) is 9.12. The third-order valence-electron chi connectivity index (χ3n) is 4.15. The van der Waals surface area contributed by atoms with E-state index in [1.807, 2.05) is 10.2 Å². The van der Waals surface area contributed by atoms with Crippen molar-refractivity contribution in [3.8, 4) is 0 Å². The molecule has 1 N–H and O–H groups in total. The van der Waals surface area contributed by atoms with Crippen LogP contribution in [0.5, 0.6) is 0 Å². The summed E-state index contributed by atoms with van der Waals surface area (Å²) in [5, 5.41) is 1.99. The number of hydrogen-bond donors (Lipinski definition) is 1. The van der Waals surface area contributed by atoms with E-state index in [-0.39, 0.29) is 18.9 Å². The van der Waals surface area contributed by atoms with Gasteiger partial charge in [-0.25, -0.2) is 13.2 Å². The first-order chi connectivity index (χ1) is 12.5. The van der Waals surface area contributed by atoms with Gasteiger partial charge in [-0.15, -0.1) is 0 Å². The van der Waals surface area contributed by atoms with Crippen LogP contribution in [0.1, 0.15) is 0 Å². The number of piperazine rings is 1. The maximum absolute atomic E-state index is 13.6. The average molecular weight is 363 g/mol. The Bertz CT molecular complexity index is 799. The molecule has 1 fully saturated rings. The van der Waals surface area contributed by atoms with Crippen LogP contribution in [-0.4, -0.2) is 42.9 Å². The summed E-state index contributed by atoms with van der Waals surface area (Å²) in [7, 11) is 0. The maximum Gasteiger partial charge on any atom is 0.314 e. The van der Waals surface area contributed by atoms with Crippen LogP contribution in [0.2, 0.25) is 0 Å². The topological polar surface area (TPSA) is 52.7 Å². The zero-order chi connectivity index (χ0) is 18.7. The van der Waals surface area contributed by atoms with Crippen molar-refractivity contribution >= 4 is 23.2 Å². The van der Waals surface area contributed by atoms with Crippen LogP contribution in [-0.2, 0) is 9.59 Å². The van der Waals surface area contributed by atoms with Gasteiger partial charge in [0.15, 0.2) is 0 Å². The molecule has 5 nitrogen and oxygen atoms in total. The Balaban J connectivity index is 1.59. The van der Waals surface area contributed by atoms with E-state index < -0.39 is 29.1 Å². The fourth-order valence-electron chi connectivity index (χ4n) is 2.75. The molecule has 0 radical (unpaired) electrons. The summed E-state index contributed by atoms with van der Waals surface area (Å²) < 4.78 is 40.1. The molecule has 1 aliphatic rings. The fraction of sp³-hybridized carbons (Fsp3) is 0.222. The second-order valence-electron chi connectivity index (χ2n) is 5.81. The molecule has 2 aromatic rings. The molecule has 1 aliphatic heterocycles. The lowest BCUT2D eigenvalue weighted by atomic mass is 10.2. The first kappa shape index (κ1) is 17.8. The number of nitrogens with one attached hydrogen (secondary N) is 1. The third kappa shape index (κ3) is 3.79. The number of para-hydroxylation sites is 1. The second kappa shape index (κ2) is 7.47. The van der Waals surface area contributed by atoms with E-state index in [2.05, 4.69) is 0 Å². The zero-order valence-electron chi connectivity index (χ0n) is 13.7. The largest absolute Gasteiger partial charge is 0.368 e. The Morgan fingerprint density at radius 1 is 0.846 bits per heavy atom. The number of benzene rings is 2. The van der Waals surface area contributed by atoms with Gasteiger partial charge in [-0.05, 0) is 36.4 Å². The van der Waals surface area contributed by atoms with E-state index in [0.717, 1.165) is 23.9 Å². The molecule has 0 aromatic heterocycles. The van der Waals surface area contributed by atoms with Gasteiger partial charge in [-0.1, -0.05) is 6.07 Å². The first-order valence-electron chi connectivity index (χ1n) is 8.00. The summed E-state index contributed by atoms with van der Waals surface area (Å²) >= 11 is 0. The molecule has 0 aliphatic carbocycles. The van der Waals surface area contributed by atoms with Crippen molar-refractivity contribution in [1.29, 1.82) is 0 Å². The summed E-state index contributed by atoms with van der Waals surface area (Å²) in [6.45, 7) is 1.45. The monoisotopic (exact) mass is 363 g/mol. The molecule has 8 heteroatoms. The van der Waals surface area contributed by atoms with Crippen LogP contribution in [0, 0.1) is 17.5 Å². The molecule has 2 amide bonds. The molecule has 0 atom stereocenters. The van der Waals surface area contributed by atoms with Crippen molar-refractivity contribution in [1.82, 2.24) is 4.90 Å². The zero-order valence-corrected chi connectivity index (χ0v) is 13.7. The number of rotatable bonds is 2. The summed E-state index contributed by atoms with van der Waals surface area (Å²) in [5.74, 6) is -4.19. The van der Waals surface area contributed by atoms with Crippen molar-refractivity contribution < 1.29 is 22.8 Å². The lowest BCUT2D eigenvalue weighted by Crippen LogP contribution is -2.51. The molecule has 0 unspecified atom stereocenters. The van der Waals surface area contributed by atoms with Crippen LogP contribution < -0.4 is 10.2 Å². The molecule has 0 bridgehead atoms. The van der Waals surface area contributed by atoms with E-state index in [1.54, 1.807) is 12.1 Å². The SMILES string of the molecule is O=C(Nc1c(F)cccc1F)C(=O)N1CCN(c2ccc(F)cc2)CC1. The van der Waals surface area contributed by atoms with E-state index in [1.165, 1.54) is 17.0 Å². The Morgan fingerprint density at radius 2 is 1.42 bits per heavy atom. The lowest BCUT2D eigenvalue weighted by molar-refractivity contribution is -0.143. The highest BCUT2D eigenvalue weighted by atomic mass is 19.1. The van der Waals surface area contributed by atoms with Gasteiger partial charge >= 0.3 is 11.8 Å². The predicted molar refractivity (Wildman–Crippen MR) is 90.2 cm³/mol. The van der Waals surface area contributed by atoms with Crippen LogP contribution in [0.15, 0.2) is 42.5 Å². The lowest BCUT2D eigenvalue weighted by Gasteiger charge is -2.35. The minimum atomic E-state index is -1.09. The first-order valence-corrected chi connectivity index (χ1v) is 8.00. The Hall–Kier alpha value is -3.03. The highest BCUT2D eigenvalue weighted by Crippen LogP contribution is 2.19. The highest BCUT2D eigenvalue weighted by molar-refractivity contribution is 6.39. The van der Waals surface area contributed by atoms with E-state index >= 15 is 0 Å². The molecule has 2 aromatic carbocycles. The van der Waals surface area contributed by atoms with E-state index in [9.17, 15) is 22.8 Å². The molecule has 0 saturated carbocycles. The van der Waals surface area contributed by atoms with Gasteiger partial charge < -0.3 is 15.1 Å². The third-order valence-corrected chi connectivity index (χ3v) is 4.15. The predicted octanol–water partition coefficient (Wildman–Crippen LogP) is 2.39. The number of amides is 2. The highest BCUT2D eigenvalue weighted by Gasteiger charge is 2.27.